The summed E-state index contributed by atoms with van der Waals surface area (Å²) in [5, 5.41) is 16.9. The van der Waals surface area contributed by atoms with Crippen LogP contribution in [0.15, 0.2) is 54.6 Å². The Kier molecular flexibility index (Phi) is 7.09. The van der Waals surface area contributed by atoms with Crippen LogP contribution < -0.4 is 10.5 Å². The van der Waals surface area contributed by atoms with E-state index in [9.17, 15) is 19.5 Å². The molecule has 2 atom stereocenters. The number of carbonyl (C=O) groups excluding carboxylic acids is 2. The van der Waals surface area contributed by atoms with Gasteiger partial charge in [0.15, 0.2) is 6.23 Å². The van der Waals surface area contributed by atoms with Crippen LogP contribution in [0.3, 0.4) is 0 Å². The summed E-state index contributed by atoms with van der Waals surface area (Å²) in [6.07, 6.45) is -0.501. The van der Waals surface area contributed by atoms with E-state index < -0.39 is 30.1 Å². The summed E-state index contributed by atoms with van der Waals surface area (Å²) in [6.45, 7) is 2.23. The van der Waals surface area contributed by atoms with Crippen LogP contribution in [-0.2, 0) is 14.4 Å². The second-order valence-corrected chi connectivity index (χ2v) is 7.49. The third kappa shape index (κ3) is 5.05. The Balaban J connectivity index is 1.92. The van der Waals surface area contributed by atoms with Gasteiger partial charge in [0.2, 0.25) is 0 Å². The second kappa shape index (κ2) is 9.95. The number of nitrogens with two attached hydrogens (primary N) is 1. The van der Waals surface area contributed by atoms with Gasteiger partial charge in [-0.05, 0) is 36.2 Å². The number of benzene rings is 2. The first kappa shape index (κ1) is 22.8. The Bertz CT molecular complexity index is 993. The Morgan fingerprint density at radius 3 is 2.38 bits per heavy atom. The highest BCUT2D eigenvalue weighted by Crippen LogP contribution is 2.29. The van der Waals surface area contributed by atoms with Gasteiger partial charge in [0, 0.05) is 12.1 Å². The number of carboxylic acids is 1. The van der Waals surface area contributed by atoms with Gasteiger partial charge in [0.1, 0.15) is 11.6 Å². The van der Waals surface area contributed by atoms with Crippen LogP contribution in [-0.4, -0.2) is 57.8 Å². The third-order valence-electron chi connectivity index (χ3n) is 5.24. The highest BCUT2D eigenvalue weighted by Gasteiger charge is 2.43. The number of hydrogen-bond donors (Lipinski definition) is 3. The van der Waals surface area contributed by atoms with Crippen LogP contribution in [0.1, 0.15) is 36.9 Å². The molecule has 3 rings (SSSR count). The summed E-state index contributed by atoms with van der Waals surface area (Å²) >= 11 is 0. The fourth-order valence-electron chi connectivity index (χ4n) is 3.70. The van der Waals surface area contributed by atoms with Crippen LogP contribution in [0.2, 0.25) is 0 Å². The fourth-order valence-corrected chi connectivity index (χ4v) is 3.70. The molecule has 4 N–H and O–H groups in total. The number of amides is 2. The monoisotopic (exact) mass is 438 g/mol. The Morgan fingerprint density at radius 2 is 1.81 bits per heavy atom. The molecule has 2 aromatic rings. The SMILES string of the molecule is CCCN1C(=O)C(=O)N(C(CC(=O)O)c2ccccc2)CC1Oc1ccc(C(=N)N)cc1. The van der Waals surface area contributed by atoms with E-state index in [0.717, 1.165) is 0 Å². The minimum absolute atomic E-state index is 0.0197. The standard InChI is InChI=1S/C23H26N4O5/c1-2-12-26-19(32-17-10-8-16(9-11-17)21(24)25)14-27(23(31)22(26)30)18(13-20(28)29)15-6-4-3-5-7-15/h3-11,18-19H,2,12-14H2,1H3,(H3,24,25)(H,28,29). The van der Waals surface area contributed by atoms with Crippen LogP contribution >= 0.6 is 0 Å². The van der Waals surface area contributed by atoms with Gasteiger partial charge in [-0.25, -0.2) is 0 Å². The van der Waals surface area contributed by atoms with Crippen molar-refractivity contribution >= 4 is 23.6 Å². The van der Waals surface area contributed by atoms with E-state index in [4.69, 9.17) is 15.9 Å². The number of nitrogens with zero attached hydrogens (tertiary/aromatic N) is 2. The quantitative estimate of drug-likeness (QED) is 0.311. The highest BCUT2D eigenvalue weighted by molar-refractivity contribution is 6.35. The first-order valence-electron chi connectivity index (χ1n) is 10.3. The molecule has 0 bridgehead atoms. The van der Waals surface area contributed by atoms with E-state index in [1.165, 1.54) is 9.80 Å². The lowest BCUT2D eigenvalue weighted by atomic mass is 10.0. The zero-order valence-electron chi connectivity index (χ0n) is 17.7. The molecule has 0 aromatic heterocycles. The molecule has 0 radical (unpaired) electrons. The van der Waals surface area contributed by atoms with Crippen molar-refractivity contribution < 1.29 is 24.2 Å². The van der Waals surface area contributed by atoms with E-state index in [1.807, 2.05) is 6.92 Å². The van der Waals surface area contributed by atoms with Crippen molar-refractivity contribution in [3.8, 4) is 5.75 Å². The molecule has 9 nitrogen and oxygen atoms in total. The smallest absolute Gasteiger partial charge is 0.315 e. The number of nitrogen functional groups attached to an aromatic ring is 1. The molecule has 2 amide bonds. The van der Waals surface area contributed by atoms with E-state index in [0.29, 0.717) is 29.8 Å². The fraction of sp³-hybridized carbons (Fsp3) is 0.304. The maximum Gasteiger partial charge on any atom is 0.315 e. The van der Waals surface area contributed by atoms with E-state index >= 15 is 0 Å². The molecule has 1 heterocycles. The number of aliphatic carboxylic acids is 1. The van der Waals surface area contributed by atoms with E-state index in [1.54, 1.807) is 54.6 Å². The maximum absolute atomic E-state index is 13.0. The van der Waals surface area contributed by atoms with Crippen LogP contribution in [0.25, 0.3) is 0 Å². The molecule has 9 heteroatoms. The number of rotatable bonds is 9. The largest absolute Gasteiger partial charge is 0.481 e. The number of piperazine rings is 1. The minimum atomic E-state index is -1.08. The first-order valence-corrected chi connectivity index (χ1v) is 10.3. The zero-order chi connectivity index (χ0) is 23.3. The van der Waals surface area contributed by atoms with Gasteiger partial charge >= 0.3 is 17.8 Å². The Hall–Kier alpha value is -3.88. The van der Waals surface area contributed by atoms with E-state index in [2.05, 4.69) is 0 Å². The van der Waals surface area contributed by atoms with Crippen molar-refractivity contribution in [2.75, 3.05) is 13.1 Å². The summed E-state index contributed by atoms with van der Waals surface area (Å²) in [5.41, 5.74) is 6.65. The number of carbonyl (C=O) groups is 3. The van der Waals surface area contributed by atoms with Crippen molar-refractivity contribution in [2.45, 2.75) is 32.0 Å². The number of nitrogens with one attached hydrogen (secondary N) is 1. The topological polar surface area (TPSA) is 137 Å². The molecular weight excluding hydrogens is 412 g/mol. The van der Waals surface area contributed by atoms with Crippen LogP contribution in [0, 0.1) is 5.41 Å². The lowest BCUT2D eigenvalue weighted by Crippen LogP contribution is -2.62. The molecule has 1 aliphatic heterocycles. The van der Waals surface area contributed by atoms with Crippen LogP contribution in [0.4, 0.5) is 0 Å². The van der Waals surface area contributed by atoms with Crippen molar-refractivity contribution in [3.05, 3.63) is 65.7 Å². The summed E-state index contributed by atoms with van der Waals surface area (Å²) in [6, 6.07) is 14.5. The molecule has 2 unspecified atom stereocenters. The molecular formula is C23H26N4O5. The molecule has 1 aliphatic rings. The molecule has 0 aliphatic carbocycles. The van der Waals surface area contributed by atoms with Gasteiger partial charge in [-0.3, -0.25) is 24.7 Å². The highest BCUT2D eigenvalue weighted by atomic mass is 16.5. The van der Waals surface area contributed by atoms with E-state index in [-0.39, 0.29) is 18.8 Å². The zero-order valence-corrected chi connectivity index (χ0v) is 17.7. The summed E-state index contributed by atoms with van der Waals surface area (Å²) < 4.78 is 6.05. The van der Waals surface area contributed by atoms with Gasteiger partial charge in [-0.15, -0.1) is 0 Å². The molecule has 0 saturated carbocycles. The summed E-state index contributed by atoms with van der Waals surface area (Å²) in [7, 11) is 0. The third-order valence-corrected chi connectivity index (χ3v) is 5.24. The number of carboxylic acid groups (broad SMARTS) is 1. The number of ether oxygens (including phenoxy) is 1. The normalized spacial score (nSPS) is 17.2. The van der Waals surface area contributed by atoms with Crippen molar-refractivity contribution in [1.82, 2.24) is 9.80 Å². The molecule has 1 saturated heterocycles. The van der Waals surface area contributed by atoms with Gasteiger partial charge in [-0.2, -0.15) is 0 Å². The predicted octanol–water partition coefficient (Wildman–Crippen LogP) is 1.97. The average Bonchev–Trinajstić information content (AvgIpc) is 2.78. The van der Waals surface area contributed by atoms with Crippen LogP contribution in [0.5, 0.6) is 5.75 Å². The molecule has 0 spiro atoms. The summed E-state index contributed by atoms with van der Waals surface area (Å²) in [5.74, 6) is -2.19. The Morgan fingerprint density at radius 1 is 1.16 bits per heavy atom. The van der Waals surface area contributed by atoms with Crippen molar-refractivity contribution in [3.63, 3.8) is 0 Å². The van der Waals surface area contributed by atoms with Gasteiger partial charge in [0.25, 0.3) is 0 Å². The van der Waals surface area contributed by atoms with Gasteiger partial charge < -0.3 is 20.5 Å². The van der Waals surface area contributed by atoms with Gasteiger partial charge in [0.05, 0.1) is 19.0 Å². The first-order chi connectivity index (χ1) is 15.3. The lowest BCUT2D eigenvalue weighted by Gasteiger charge is -2.43. The van der Waals surface area contributed by atoms with Crippen molar-refractivity contribution in [2.24, 2.45) is 5.73 Å². The molecule has 32 heavy (non-hydrogen) atoms. The second-order valence-electron chi connectivity index (χ2n) is 7.49. The van der Waals surface area contributed by atoms with Gasteiger partial charge in [-0.1, -0.05) is 37.3 Å². The predicted molar refractivity (Wildman–Crippen MR) is 117 cm³/mol. The van der Waals surface area contributed by atoms with Crippen molar-refractivity contribution in [1.29, 1.82) is 5.41 Å². The number of hydrogen-bond acceptors (Lipinski definition) is 5. The minimum Gasteiger partial charge on any atom is -0.481 e. The molecule has 2 aromatic carbocycles. The average molecular weight is 438 g/mol. The lowest BCUT2D eigenvalue weighted by molar-refractivity contribution is -0.169. The molecule has 1 fully saturated rings. The Labute approximate surface area is 185 Å². The summed E-state index contributed by atoms with van der Waals surface area (Å²) in [4.78, 5) is 40.1. The maximum atomic E-state index is 13.0. The number of amidine groups is 1. The molecule has 168 valence electrons.